The molecule has 0 amide bonds. The van der Waals surface area contributed by atoms with Crippen LogP contribution in [0.1, 0.15) is 20.3 Å². The van der Waals surface area contributed by atoms with E-state index < -0.39 is 48.9 Å². The fraction of sp³-hybridized carbons (Fsp3) is 0.786. The van der Waals surface area contributed by atoms with Gasteiger partial charge < -0.3 is 33.2 Å². The average molecular weight is 332 g/mol. The third-order valence-electron chi connectivity index (χ3n) is 3.47. The molecule has 23 heavy (non-hydrogen) atoms. The number of hydrogen-bond acceptors (Lipinski definition) is 9. The number of esters is 2. The van der Waals surface area contributed by atoms with Crippen molar-refractivity contribution in [2.75, 3.05) is 13.7 Å². The van der Waals surface area contributed by atoms with Gasteiger partial charge in [-0.05, 0) is 0 Å². The number of carbonyl (C=O) groups excluding carboxylic acids is 3. The van der Waals surface area contributed by atoms with Gasteiger partial charge in [-0.1, -0.05) is 0 Å². The fourth-order valence-corrected chi connectivity index (χ4v) is 2.63. The summed E-state index contributed by atoms with van der Waals surface area (Å²) < 4.78 is 32.3. The van der Waals surface area contributed by atoms with Crippen molar-refractivity contribution in [1.82, 2.24) is 0 Å². The molecule has 0 N–H and O–H groups in total. The van der Waals surface area contributed by atoms with Gasteiger partial charge in [0.1, 0.15) is 18.5 Å². The highest BCUT2D eigenvalue weighted by Gasteiger charge is 2.53. The number of aldehydes is 1. The van der Waals surface area contributed by atoms with E-state index in [1.54, 1.807) is 0 Å². The second kappa shape index (κ2) is 7.82. The van der Waals surface area contributed by atoms with Crippen LogP contribution in [0.2, 0.25) is 0 Å². The van der Waals surface area contributed by atoms with Gasteiger partial charge in [-0.2, -0.15) is 0 Å². The number of methoxy groups -OCH3 is 1. The summed E-state index contributed by atoms with van der Waals surface area (Å²) >= 11 is 0. The maximum absolute atomic E-state index is 11.4. The molecule has 2 heterocycles. The van der Waals surface area contributed by atoms with E-state index in [0.717, 1.165) is 0 Å². The number of fused-ring (bicyclic) bond motifs is 1. The van der Waals surface area contributed by atoms with Crippen molar-refractivity contribution in [3.05, 3.63) is 0 Å². The molecular weight excluding hydrogens is 312 g/mol. The first-order valence-corrected chi connectivity index (χ1v) is 7.19. The van der Waals surface area contributed by atoms with Gasteiger partial charge in [0.2, 0.25) is 0 Å². The van der Waals surface area contributed by atoms with E-state index in [-0.39, 0.29) is 13.0 Å². The summed E-state index contributed by atoms with van der Waals surface area (Å²) in [6.07, 6.45) is -4.26. The van der Waals surface area contributed by atoms with Gasteiger partial charge in [0.25, 0.3) is 0 Å². The molecule has 2 rings (SSSR count). The molecule has 6 atom stereocenters. The minimum absolute atomic E-state index is 0.0297. The fourth-order valence-electron chi connectivity index (χ4n) is 2.63. The number of hydrogen-bond donors (Lipinski definition) is 0. The van der Waals surface area contributed by atoms with Gasteiger partial charge in [0.15, 0.2) is 24.8 Å². The molecule has 2 aliphatic rings. The Morgan fingerprint density at radius 2 is 1.78 bits per heavy atom. The van der Waals surface area contributed by atoms with Crippen LogP contribution in [-0.2, 0) is 42.8 Å². The Labute approximate surface area is 133 Å². The van der Waals surface area contributed by atoms with Gasteiger partial charge in [-0.15, -0.1) is 0 Å². The Kier molecular flexibility index (Phi) is 6.05. The first kappa shape index (κ1) is 17.8. The Hall–Kier alpha value is -1.55. The molecule has 0 aliphatic carbocycles. The summed E-state index contributed by atoms with van der Waals surface area (Å²) in [7, 11) is 1.38. The van der Waals surface area contributed by atoms with Crippen LogP contribution in [0.4, 0.5) is 0 Å². The molecule has 0 bridgehead atoms. The van der Waals surface area contributed by atoms with E-state index >= 15 is 0 Å². The second-order valence-corrected chi connectivity index (χ2v) is 5.19. The van der Waals surface area contributed by atoms with Crippen molar-refractivity contribution >= 4 is 18.2 Å². The van der Waals surface area contributed by atoms with Gasteiger partial charge in [0.05, 0.1) is 13.0 Å². The minimum atomic E-state index is -0.988. The zero-order chi connectivity index (χ0) is 17.0. The Morgan fingerprint density at radius 3 is 2.35 bits per heavy atom. The molecule has 0 saturated carbocycles. The molecule has 0 unspecified atom stereocenters. The monoisotopic (exact) mass is 332 g/mol. The van der Waals surface area contributed by atoms with E-state index in [1.165, 1.54) is 21.0 Å². The molecule has 0 aromatic heterocycles. The Morgan fingerprint density at radius 1 is 1.13 bits per heavy atom. The van der Waals surface area contributed by atoms with E-state index in [4.69, 9.17) is 28.4 Å². The molecule has 9 nitrogen and oxygen atoms in total. The molecule has 2 aliphatic heterocycles. The van der Waals surface area contributed by atoms with Crippen LogP contribution < -0.4 is 0 Å². The van der Waals surface area contributed by atoms with Crippen LogP contribution in [0.3, 0.4) is 0 Å². The first-order chi connectivity index (χ1) is 11.0. The summed E-state index contributed by atoms with van der Waals surface area (Å²) in [5.74, 6) is -1.14. The predicted molar refractivity (Wildman–Crippen MR) is 72.1 cm³/mol. The van der Waals surface area contributed by atoms with Crippen LogP contribution in [0.15, 0.2) is 0 Å². The average Bonchev–Trinajstić information content (AvgIpc) is 2.49. The highest BCUT2D eigenvalue weighted by atomic mass is 16.8. The smallest absolute Gasteiger partial charge is 0.303 e. The lowest BCUT2D eigenvalue weighted by molar-refractivity contribution is -0.355. The molecule has 9 heteroatoms. The number of ether oxygens (including phenoxy) is 6. The molecule has 2 saturated heterocycles. The standard InChI is InChI=1S/C14H20O9/c1-7(16)20-12-11-9(6-19-10(23-11)4-5-15)22-14(18-3)13(12)21-8(2)17/h5,9-14H,4,6H2,1-3H3/t9-,10-,11-,12+,13-,14+/m1/s1. The van der Waals surface area contributed by atoms with Crippen molar-refractivity contribution in [2.24, 2.45) is 0 Å². The Bertz CT molecular complexity index is 452. The Balaban J connectivity index is 2.24. The van der Waals surface area contributed by atoms with Crippen molar-refractivity contribution < 1.29 is 42.8 Å². The third kappa shape index (κ3) is 4.25. The van der Waals surface area contributed by atoms with Crippen LogP contribution in [-0.4, -0.2) is 68.9 Å². The van der Waals surface area contributed by atoms with Gasteiger partial charge >= 0.3 is 11.9 Å². The highest BCUT2D eigenvalue weighted by molar-refractivity contribution is 5.67. The zero-order valence-corrected chi connectivity index (χ0v) is 13.1. The van der Waals surface area contributed by atoms with Crippen LogP contribution in [0.25, 0.3) is 0 Å². The van der Waals surface area contributed by atoms with E-state index in [1.807, 2.05) is 0 Å². The normalized spacial score (nSPS) is 36.7. The zero-order valence-electron chi connectivity index (χ0n) is 13.1. The van der Waals surface area contributed by atoms with Crippen molar-refractivity contribution in [3.63, 3.8) is 0 Å². The maximum Gasteiger partial charge on any atom is 0.303 e. The lowest BCUT2D eigenvalue weighted by Crippen LogP contribution is -2.65. The molecule has 0 aromatic rings. The molecule has 0 aromatic carbocycles. The van der Waals surface area contributed by atoms with E-state index in [0.29, 0.717) is 6.29 Å². The van der Waals surface area contributed by atoms with Gasteiger partial charge in [0, 0.05) is 21.0 Å². The largest absolute Gasteiger partial charge is 0.455 e. The molecule has 130 valence electrons. The lowest BCUT2D eigenvalue weighted by Gasteiger charge is -2.47. The van der Waals surface area contributed by atoms with E-state index in [2.05, 4.69) is 0 Å². The predicted octanol–water partition coefficient (Wildman–Crippen LogP) is -0.448. The van der Waals surface area contributed by atoms with Crippen molar-refractivity contribution in [3.8, 4) is 0 Å². The molecule has 0 spiro atoms. The van der Waals surface area contributed by atoms with Crippen molar-refractivity contribution in [2.45, 2.75) is 57.3 Å². The van der Waals surface area contributed by atoms with Crippen LogP contribution in [0, 0.1) is 0 Å². The van der Waals surface area contributed by atoms with Crippen LogP contribution >= 0.6 is 0 Å². The van der Waals surface area contributed by atoms with Crippen molar-refractivity contribution in [1.29, 1.82) is 0 Å². The second-order valence-electron chi connectivity index (χ2n) is 5.19. The molecular formula is C14H20O9. The third-order valence-corrected chi connectivity index (χ3v) is 3.47. The summed E-state index contributed by atoms with van der Waals surface area (Å²) in [4.78, 5) is 33.4. The topological polar surface area (TPSA) is 107 Å². The number of rotatable bonds is 5. The summed E-state index contributed by atoms with van der Waals surface area (Å²) in [6.45, 7) is 2.59. The highest BCUT2D eigenvalue weighted by Crippen LogP contribution is 2.32. The number of carbonyl (C=O) groups is 3. The maximum atomic E-state index is 11.4. The summed E-state index contributed by atoms with van der Waals surface area (Å²) in [5, 5.41) is 0. The summed E-state index contributed by atoms with van der Waals surface area (Å²) in [5.41, 5.74) is 0. The lowest BCUT2D eigenvalue weighted by atomic mass is 9.97. The molecule has 2 fully saturated rings. The van der Waals surface area contributed by atoms with Crippen LogP contribution in [0.5, 0.6) is 0 Å². The van der Waals surface area contributed by atoms with E-state index in [9.17, 15) is 14.4 Å². The van der Waals surface area contributed by atoms with Gasteiger partial charge in [-0.3, -0.25) is 9.59 Å². The van der Waals surface area contributed by atoms with Gasteiger partial charge in [-0.25, -0.2) is 0 Å². The summed E-state index contributed by atoms with van der Waals surface area (Å²) in [6, 6.07) is 0. The minimum Gasteiger partial charge on any atom is -0.455 e. The first-order valence-electron chi connectivity index (χ1n) is 7.19. The molecule has 0 radical (unpaired) electrons. The quantitative estimate of drug-likeness (QED) is 0.489. The SMILES string of the molecule is CO[C@H]1O[C@@H]2CO[C@@H](CC=O)O[C@H]2[C@H](OC(C)=O)[C@H]1OC(C)=O.